The van der Waals surface area contributed by atoms with Crippen molar-refractivity contribution in [3.05, 3.63) is 83.6 Å². The van der Waals surface area contributed by atoms with Crippen LogP contribution in [0.25, 0.3) is 17.1 Å². The number of benzene rings is 2. The number of carbonyl (C=O) groups is 1. The molecule has 0 radical (unpaired) electrons. The van der Waals surface area contributed by atoms with Crippen LogP contribution in [-0.2, 0) is 6.42 Å². The van der Waals surface area contributed by atoms with E-state index in [-0.39, 0.29) is 17.5 Å². The average Bonchev–Trinajstić information content (AvgIpc) is 3.57. The summed E-state index contributed by atoms with van der Waals surface area (Å²) >= 11 is 0. The molecular formula is C25H20F2N6O. The quantitative estimate of drug-likeness (QED) is 0.460. The predicted octanol–water partition coefficient (Wildman–Crippen LogP) is 4.51. The average molecular weight is 458 g/mol. The van der Waals surface area contributed by atoms with Crippen molar-refractivity contribution in [1.29, 1.82) is 0 Å². The lowest BCUT2D eigenvalue weighted by atomic mass is 10.00. The van der Waals surface area contributed by atoms with Crippen molar-refractivity contribution in [3.8, 4) is 17.1 Å². The van der Waals surface area contributed by atoms with Crippen molar-refractivity contribution in [2.45, 2.75) is 25.2 Å². The largest absolute Gasteiger partial charge is 0.352 e. The molecule has 34 heavy (non-hydrogen) atoms. The van der Waals surface area contributed by atoms with Crippen molar-refractivity contribution in [1.82, 2.24) is 24.8 Å². The van der Waals surface area contributed by atoms with E-state index in [0.717, 1.165) is 30.3 Å². The number of halogens is 2. The van der Waals surface area contributed by atoms with E-state index < -0.39 is 11.6 Å². The van der Waals surface area contributed by atoms with Crippen molar-refractivity contribution in [2.24, 2.45) is 0 Å². The monoisotopic (exact) mass is 458 g/mol. The molecule has 9 heteroatoms. The number of imidazole rings is 1. The van der Waals surface area contributed by atoms with Gasteiger partial charge >= 0.3 is 0 Å². The summed E-state index contributed by atoms with van der Waals surface area (Å²) in [5.74, 6) is -0.563. The molecule has 2 aromatic heterocycles. The number of amides is 1. The zero-order valence-electron chi connectivity index (χ0n) is 18.1. The minimum Gasteiger partial charge on any atom is -0.352 e. The summed E-state index contributed by atoms with van der Waals surface area (Å²) < 4.78 is 31.1. The van der Waals surface area contributed by atoms with Crippen LogP contribution in [0.2, 0.25) is 0 Å². The van der Waals surface area contributed by atoms with Gasteiger partial charge in [0.15, 0.2) is 17.5 Å². The summed E-state index contributed by atoms with van der Waals surface area (Å²) in [5.41, 5.74) is 3.87. The van der Waals surface area contributed by atoms with Crippen LogP contribution in [0.5, 0.6) is 0 Å². The summed E-state index contributed by atoms with van der Waals surface area (Å²) in [6.45, 7) is 0.559. The molecule has 2 aromatic carbocycles. The summed E-state index contributed by atoms with van der Waals surface area (Å²) in [5, 5.41) is 5.75. The number of nitrogens with one attached hydrogen (secondary N) is 2. The maximum absolute atomic E-state index is 14.9. The number of carbonyl (C=O) groups excluding carboxylic acids is 1. The van der Waals surface area contributed by atoms with Gasteiger partial charge in [0.2, 0.25) is 0 Å². The predicted molar refractivity (Wildman–Crippen MR) is 122 cm³/mol. The molecule has 0 spiro atoms. The zero-order valence-corrected chi connectivity index (χ0v) is 18.1. The lowest BCUT2D eigenvalue weighted by Gasteiger charge is -2.17. The summed E-state index contributed by atoms with van der Waals surface area (Å²) in [6, 6.07) is 9.87. The molecule has 1 aliphatic carbocycles. The minimum atomic E-state index is -0.637. The first kappa shape index (κ1) is 20.5. The highest BCUT2D eigenvalue weighted by atomic mass is 19.1. The Morgan fingerprint density at radius 1 is 1.06 bits per heavy atom. The molecule has 0 unspecified atom stereocenters. The molecule has 1 saturated carbocycles. The van der Waals surface area contributed by atoms with Gasteiger partial charge in [-0.15, -0.1) is 0 Å². The molecule has 4 aromatic rings. The second-order valence-corrected chi connectivity index (χ2v) is 8.54. The lowest BCUT2D eigenvalue weighted by molar-refractivity contribution is 0.0946. The molecule has 0 atom stereocenters. The Labute approximate surface area is 193 Å². The Hall–Kier alpha value is -4.14. The van der Waals surface area contributed by atoms with E-state index in [1.54, 1.807) is 35.2 Å². The first-order valence-corrected chi connectivity index (χ1v) is 11.1. The van der Waals surface area contributed by atoms with Gasteiger partial charge in [-0.2, -0.15) is 0 Å². The van der Waals surface area contributed by atoms with Crippen LogP contribution in [0.1, 0.15) is 40.4 Å². The van der Waals surface area contributed by atoms with E-state index in [1.807, 2.05) is 12.3 Å². The summed E-state index contributed by atoms with van der Waals surface area (Å²) in [4.78, 5) is 24.6. The first-order valence-electron chi connectivity index (χ1n) is 11.1. The van der Waals surface area contributed by atoms with Gasteiger partial charge in [-0.3, -0.25) is 4.79 Å². The van der Waals surface area contributed by atoms with E-state index >= 15 is 0 Å². The third kappa shape index (κ3) is 3.79. The smallest absolute Gasteiger partial charge is 0.251 e. The molecule has 7 nitrogen and oxygen atoms in total. The Kier molecular flexibility index (Phi) is 4.83. The van der Waals surface area contributed by atoms with E-state index in [0.29, 0.717) is 41.4 Å². The number of anilines is 2. The fourth-order valence-electron chi connectivity index (χ4n) is 4.15. The highest BCUT2D eigenvalue weighted by Gasteiger charge is 2.26. The normalized spacial score (nSPS) is 15.1. The third-order valence-electron chi connectivity index (χ3n) is 6.12. The second kappa shape index (κ2) is 8.02. The number of fused-ring (bicyclic) bond motifs is 1. The molecule has 0 saturated heterocycles. The summed E-state index contributed by atoms with van der Waals surface area (Å²) in [7, 11) is 0. The maximum atomic E-state index is 14.9. The van der Waals surface area contributed by atoms with Gasteiger partial charge in [0, 0.05) is 35.5 Å². The van der Waals surface area contributed by atoms with E-state index in [4.69, 9.17) is 0 Å². The van der Waals surface area contributed by atoms with E-state index in [1.165, 1.54) is 6.07 Å². The Morgan fingerprint density at radius 3 is 2.76 bits per heavy atom. The molecule has 2 aliphatic rings. The van der Waals surface area contributed by atoms with Crippen LogP contribution < -0.4 is 10.6 Å². The van der Waals surface area contributed by atoms with Crippen LogP contribution in [0, 0.1) is 11.6 Å². The van der Waals surface area contributed by atoms with Crippen molar-refractivity contribution in [3.63, 3.8) is 0 Å². The number of hydrogen-bond donors (Lipinski definition) is 2. The molecule has 170 valence electrons. The minimum absolute atomic E-state index is 0.0293. The van der Waals surface area contributed by atoms with Crippen molar-refractivity contribution in [2.75, 3.05) is 11.9 Å². The van der Waals surface area contributed by atoms with Gasteiger partial charge in [-0.05, 0) is 61.2 Å². The third-order valence-corrected chi connectivity index (χ3v) is 6.12. The van der Waals surface area contributed by atoms with Crippen LogP contribution in [-0.4, -0.2) is 32.0 Å². The van der Waals surface area contributed by atoms with Crippen molar-refractivity contribution < 1.29 is 13.6 Å². The zero-order chi connectivity index (χ0) is 23.2. The molecule has 2 N–H and O–H groups in total. The number of aromatic nitrogens is 4. The highest BCUT2D eigenvalue weighted by molar-refractivity contribution is 5.97. The maximum Gasteiger partial charge on any atom is 0.251 e. The summed E-state index contributed by atoms with van der Waals surface area (Å²) in [6.07, 6.45) is 7.46. The number of rotatable bonds is 5. The van der Waals surface area contributed by atoms with Gasteiger partial charge in [-0.25, -0.2) is 23.7 Å². The van der Waals surface area contributed by atoms with Crippen LogP contribution in [0.15, 0.2) is 55.1 Å². The second-order valence-electron chi connectivity index (χ2n) is 8.54. The van der Waals surface area contributed by atoms with Gasteiger partial charge in [-0.1, -0.05) is 0 Å². The SMILES string of the molecule is O=C1NCCc2cc(Nc3nc(-c4ccc(-n5cnc(C6CC6)c5)c(F)c4)ncc3F)ccc21. The van der Waals surface area contributed by atoms with Crippen molar-refractivity contribution >= 4 is 17.4 Å². The van der Waals surface area contributed by atoms with Gasteiger partial charge in [0.1, 0.15) is 5.82 Å². The lowest BCUT2D eigenvalue weighted by Crippen LogP contribution is -2.31. The number of nitrogens with zero attached hydrogens (tertiary/aromatic N) is 4. The fourth-order valence-corrected chi connectivity index (χ4v) is 4.15. The molecule has 0 bridgehead atoms. The molecule has 1 aliphatic heterocycles. The Bertz CT molecular complexity index is 1430. The van der Waals surface area contributed by atoms with Crippen LogP contribution in [0.3, 0.4) is 0 Å². The van der Waals surface area contributed by atoms with Gasteiger partial charge < -0.3 is 15.2 Å². The van der Waals surface area contributed by atoms with Gasteiger partial charge in [0.25, 0.3) is 5.91 Å². The molecule has 6 rings (SSSR count). The molecule has 3 heterocycles. The first-order chi connectivity index (χ1) is 16.5. The topological polar surface area (TPSA) is 84.7 Å². The Balaban J connectivity index is 1.27. The van der Waals surface area contributed by atoms with Crippen LogP contribution in [0.4, 0.5) is 20.3 Å². The van der Waals surface area contributed by atoms with Gasteiger partial charge in [0.05, 0.1) is 23.9 Å². The fraction of sp³-hybridized carbons (Fsp3) is 0.200. The Morgan fingerprint density at radius 2 is 1.94 bits per heavy atom. The highest BCUT2D eigenvalue weighted by Crippen LogP contribution is 2.39. The number of hydrogen-bond acceptors (Lipinski definition) is 5. The standard InChI is InChI=1S/C25H20F2N6O/c26-19-10-16(3-6-22(19)33-12-21(30-13-33)14-1-2-14)23-29-11-20(27)24(32-23)31-17-4-5-18-15(9-17)7-8-28-25(18)34/h3-6,9-14H,1-2,7-8H2,(H,28,34)(H,29,31,32). The molecule has 1 amide bonds. The van der Waals surface area contributed by atoms with Crippen LogP contribution >= 0.6 is 0 Å². The van der Waals surface area contributed by atoms with E-state index in [2.05, 4.69) is 25.6 Å². The van der Waals surface area contributed by atoms with E-state index in [9.17, 15) is 13.6 Å². The molecule has 1 fully saturated rings. The molecular weight excluding hydrogens is 438 g/mol.